The fourth-order valence-corrected chi connectivity index (χ4v) is 1.74. The Morgan fingerprint density at radius 3 is 2.53 bits per heavy atom. The van der Waals surface area contributed by atoms with E-state index in [2.05, 4.69) is 0 Å². The highest BCUT2D eigenvalue weighted by Gasteiger charge is 2.22. The molecule has 1 aromatic carbocycles. The van der Waals surface area contributed by atoms with Gasteiger partial charge in [-0.05, 0) is 13.0 Å². The highest BCUT2D eigenvalue weighted by molar-refractivity contribution is 6.01. The monoisotopic (exact) mass is 238 g/mol. The van der Waals surface area contributed by atoms with Crippen molar-refractivity contribution < 1.29 is 18.0 Å². The molecule has 17 heavy (non-hydrogen) atoms. The number of hydrogen-bond acceptors (Lipinski definition) is 2. The SMILES string of the molecule is Cc1c(C(=O)C(C)C)oc2c(F)cc(F)cc12. The van der Waals surface area contributed by atoms with E-state index in [0.29, 0.717) is 10.9 Å². The third kappa shape index (κ3) is 1.84. The molecule has 0 spiro atoms. The molecule has 0 bridgehead atoms. The van der Waals surface area contributed by atoms with Gasteiger partial charge in [-0.3, -0.25) is 4.79 Å². The smallest absolute Gasteiger partial charge is 0.200 e. The number of fused-ring (bicyclic) bond motifs is 1. The van der Waals surface area contributed by atoms with Crippen LogP contribution in [0.4, 0.5) is 8.78 Å². The maximum absolute atomic E-state index is 13.5. The maximum atomic E-state index is 13.5. The van der Waals surface area contributed by atoms with Gasteiger partial charge in [-0.25, -0.2) is 8.78 Å². The highest BCUT2D eigenvalue weighted by Crippen LogP contribution is 2.29. The molecule has 0 aliphatic heterocycles. The number of carbonyl (C=O) groups is 1. The third-order valence-corrected chi connectivity index (χ3v) is 2.71. The normalized spacial score (nSPS) is 11.4. The van der Waals surface area contributed by atoms with Crippen LogP contribution in [0, 0.1) is 24.5 Å². The Hall–Kier alpha value is -1.71. The van der Waals surface area contributed by atoms with Gasteiger partial charge in [-0.1, -0.05) is 13.8 Å². The molecule has 1 heterocycles. The largest absolute Gasteiger partial charge is 0.450 e. The maximum Gasteiger partial charge on any atom is 0.200 e. The van der Waals surface area contributed by atoms with Gasteiger partial charge in [0.25, 0.3) is 0 Å². The molecule has 2 aromatic rings. The number of benzene rings is 1. The van der Waals surface area contributed by atoms with Gasteiger partial charge >= 0.3 is 0 Å². The molecule has 90 valence electrons. The number of carbonyl (C=O) groups excluding carboxylic acids is 1. The van der Waals surface area contributed by atoms with Crippen LogP contribution in [0.2, 0.25) is 0 Å². The minimum atomic E-state index is -0.786. The predicted octanol–water partition coefficient (Wildman–Crippen LogP) is 3.86. The molecule has 2 rings (SSSR count). The number of furan rings is 1. The molecule has 0 radical (unpaired) electrons. The third-order valence-electron chi connectivity index (χ3n) is 2.71. The molecule has 2 nitrogen and oxygen atoms in total. The minimum Gasteiger partial charge on any atom is -0.450 e. The summed E-state index contributed by atoms with van der Waals surface area (Å²) in [6, 6.07) is 1.92. The summed E-state index contributed by atoms with van der Waals surface area (Å²) in [7, 11) is 0. The number of rotatable bonds is 2. The molecule has 0 N–H and O–H groups in total. The van der Waals surface area contributed by atoms with E-state index in [1.807, 2.05) is 0 Å². The summed E-state index contributed by atoms with van der Waals surface area (Å²) in [5, 5.41) is 0.312. The van der Waals surface area contributed by atoms with Crippen LogP contribution in [0.25, 0.3) is 11.0 Å². The Labute approximate surface area is 97.2 Å². The molecular formula is C13H12F2O2. The van der Waals surface area contributed by atoms with Crippen molar-refractivity contribution in [2.24, 2.45) is 5.92 Å². The van der Waals surface area contributed by atoms with Crippen molar-refractivity contribution in [3.63, 3.8) is 0 Å². The molecule has 0 saturated heterocycles. The number of Topliss-reactive ketones (excluding diaryl/α,β-unsaturated/α-hetero) is 1. The van der Waals surface area contributed by atoms with E-state index in [0.717, 1.165) is 6.07 Å². The van der Waals surface area contributed by atoms with E-state index >= 15 is 0 Å². The minimum absolute atomic E-state index is 0.0621. The standard InChI is InChI=1S/C13H12F2O2/c1-6(2)11(16)12-7(3)9-4-8(14)5-10(15)13(9)17-12/h4-6H,1-3H3. The second kappa shape index (κ2) is 3.95. The van der Waals surface area contributed by atoms with Crippen molar-refractivity contribution in [1.82, 2.24) is 0 Å². The van der Waals surface area contributed by atoms with Crippen LogP contribution in [-0.4, -0.2) is 5.78 Å². The first-order valence-electron chi connectivity index (χ1n) is 5.34. The first-order valence-corrected chi connectivity index (χ1v) is 5.34. The van der Waals surface area contributed by atoms with Gasteiger partial charge in [0.05, 0.1) is 0 Å². The highest BCUT2D eigenvalue weighted by atomic mass is 19.1. The molecule has 0 saturated carbocycles. The van der Waals surface area contributed by atoms with Crippen LogP contribution in [0.5, 0.6) is 0 Å². The van der Waals surface area contributed by atoms with Gasteiger partial charge in [-0.2, -0.15) is 0 Å². The Morgan fingerprint density at radius 1 is 1.29 bits per heavy atom. The molecule has 0 fully saturated rings. The molecule has 0 aliphatic carbocycles. The molecule has 0 atom stereocenters. The quantitative estimate of drug-likeness (QED) is 0.743. The van der Waals surface area contributed by atoms with Crippen LogP contribution in [-0.2, 0) is 0 Å². The van der Waals surface area contributed by atoms with Gasteiger partial charge in [-0.15, -0.1) is 0 Å². The average molecular weight is 238 g/mol. The van der Waals surface area contributed by atoms with Gasteiger partial charge in [0, 0.05) is 22.9 Å². The Bertz CT molecular complexity index is 597. The molecule has 0 aliphatic rings. The van der Waals surface area contributed by atoms with Gasteiger partial charge in [0.2, 0.25) is 5.78 Å². The fraction of sp³-hybridized carbons (Fsp3) is 0.308. The lowest BCUT2D eigenvalue weighted by Crippen LogP contribution is -2.07. The van der Waals surface area contributed by atoms with Gasteiger partial charge in [0.1, 0.15) is 5.82 Å². The van der Waals surface area contributed by atoms with Crippen molar-refractivity contribution in [3.8, 4) is 0 Å². The number of aryl methyl sites for hydroxylation is 1. The van der Waals surface area contributed by atoms with E-state index in [-0.39, 0.29) is 23.0 Å². The van der Waals surface area contributed by atoms with Crippen molar-refractivity contribution in [3.05, 3.63) is 35.1 Å². The van der Waals surface area contributed by atoms with Crippen LogP contribution in [0.15, 0.2) is 16.5 Å². The van der Waals surface area contributed by atoms with Crippen molar-refractivity contribution in [1.29, 1.82) is 0 Å². The summed E-state index contributed by atoms with van der Waals surface area (Å²) in [5.41, 5.74) is 0.421. The summed E-state index contributed by atoms with van der Waals surface area (Å²) in [6.45, 7) is 5.08. The zero-order valence-corrected chi connectivity index (χ0v) is 9.80. The molecular weight excluding hydrogens is 226 g/mol. The average Bonchev–Trinajstić information content (AvgIpc) is 2.56. The number of hydrogen-bond donors (Lipinski definition) is 0. The Balaban J connectivity index is 2.73. The Morgan fingerprint density at radius 2 is 1.94 bits per heavy atom. The van der Waals surface area contributed by atoms with Gasteiger partial charge in [0.15, 0.2) is 17.2 Å². The van der Waals surface area contributed by atoms with Crippen LogP contribution < -0.4 is 0 Å². The van der Waals surface area contributed by atoms with Crippen LogP contribution >= 0.6 is 0 Å². The Kier molecular flexibility index (Phi) is 2.73. The van der Waals surface area contributed by atoms with E-state index in [9.17, 15) is 13.6 Å². The molecule has 0 amide bonds. The second-order valence-corrected chi connectivity index (χ2v) is 4.34. The van der Waals surface area contributed by atoms with E-state index in [4.69, 9.17) is 4.42 Å². The molecule has 1 aromatic heterocycles. The fourth-order valence-electron chi connectivity index (χ4n) is 1.74. The molecule has 0 unspecified atom stereocenters. The summed E-state index contributed by atoms with van der Waals surface area (Å²) in [6.07, 6.45) is 0. The summed E-state index contributed by atoms with van der Waals surface area (Å²) in [4.78, 5) is 11.8. The van der Waals surface area contributed by atoms with E-state index in [1.54, 1.807) is 20.8 Å². The topological polar surface area (TPSA) is 30.2 Å². The first-order chi connectivity index (χ1) is 7.91. The lowest BCUT2D eigenvalue weighted by molar-refractivity contribution is 0.0912. The van der Waals surface area contributed by atoms with E-state index < -0.39 is 11.6 Å². The summed E-state index contributed by atoms with van der Waals surface area (Å²) in [5.74, 6) is -1.81. The zero-order chi connectivity index (χ0) is 12.7. The van der Waals surface area contributed by atoms with E-state index in [1.165, 1.54) is 6.07 Å². The second-order valence-electron chi connectivity index (χ2n) is 4.34. The zero-order valence-electron chi connectivity index (χ0n) is 9.80. The van der Waals surface area contributed by atoms with Crippen molar-refractivity contribution in [2.45, 2.75) is 20.8 Å². The van der Waals surface area contributed by atoms with Gasteiger partial charge < -0.3 is 4.42 Å². The lowest BCUT2D eigenvalue weighted by Gasteiger charge is -2.00. The van der Waals surface area contributed by atoms with Crippen LogP contribution in [0.1, 0.15) is 30.0 Å². The number of ketones is 1. The predicted molar refractivity (Wildman–Crippen MR) is 60.0 cm³/mol. The number of halogens is 2. The summed E-state index contributed by atoms with van der Waals surface area (Å²) < 4.78 is 31.8. The molecule has 4 heteroatoms. The lowest BCUT2D eigenvalue weighted by atomic mass is 10.0. The van der Waals surface area contributed by atoms with Crippen molar-refractivity contribution in [2.75, 3.05) is 0 Å². The first kappa shape index (κ1) is 11.8. The van der Waals surface area contributed by atoms with Crippen molar-refractivity contribution >= 4 is 16.8 Å². The van der Waals surface area contributed by atoms with Crippen LogP contribution in [0.3, 0.4) is 0 Å². The summed E-state index contributed by atoms with van der Waals surface area (Å²) >= 11 is 0.